The van der Waals surface area contributed by atoms with Crippen molar-refractivity contribution in [1.82, 2.24) is 20.9 Å². The molecule has 0 radical (unpaired) electrons. The molecule has 0 saturated heterocycles. The smallest absolute Gasteiger partial charge is 0.250 e. The Bertz CT molecular complexity index is 895. The number of hydrogen-bond donors (Lipinski definition) is 3. The zero-order valence-corrected chi connectivity index (χ0v) is 18.5. The molecule has 1 aliphatic carbocycles. The number of likely N-dealkylation sites (N-methyl/N-ethyl adjacent to an activating group) is 1. The van der Waals surface area contributed by atoms with Crippen LogP contribution < -0.4 is 16.0 Å². The van der Waals surface area contributed by atoms with E-state index in [4.69, 9.17) is 0 Å². The maximum Gasteiger partial charge on any atom is 0.250 e. The van der Waals surface area contributed by atoms with Gasteiger partial charge in [-0.2, -0.15) is 0 Å². The van der Waals surface area contributed by atoms with Crippen LogP contribution in [0, 0.1) is 0 Å². The number of nitrogens with zero attached hydrogens (tertiary/aromatic N) is 1. The number of carbonyl (C=O) groups excluding carboxylic acids is 3. The predicted molar refractivity (Wildman–Crippen MR) is 120 cm³/mol. The van der Waals surface area contributed by atoms with Crippen LogP contribution in [0.2, 0.25) is 0 Å². The van der Waals surface area contributed by atoms with Gasteiger partial charge in [-0.1, -0.05) is 43.0 Å². The molecule has 0 aromatic heterocycles. The molecule has 3 rings (SSSR count). The second-order valence-corrected chi connectivity index (χ2v) is 8.31. The standard InChI is InChI=1S/C24H32N4O3/c1-15(2)21(27-22(29)16(3)25-4)24(31)28-14-8-13-20(28)23(30)26-19-12-7-10-17-9-5-6-11-18(17)19/h5-6,8-9,11,13,16,19-21,25H,1,7,10,12,14H2,2-4H3,(H,26,30)(H,27,29)/t16-,19+,20-,21?/m0/s1. The minimum absolute atomic E-state index is 0.0588. The molecular formula is C24H32N4O3. The van der Waals surface area contributed by atoms with Gasteiger partial charge >= 0.3 is 0 Å². The Balaban J connectivity index is 1.71. The number of benzene rings is 1. The Hall–Kier alpha value is -2.93. The molecule has 7 heteroatoms. The lowest BCUT2D eigenvalue weighted by molar-refractivity contribution is -0.140. The summed E-state index contributed by atoms with van der Waals surface area (Å²) in [5.74, 6) is -0.839. The van der Waals surface area contributed by atoms with Crippen LogP contribution in [0.5, 0.6) is 0 Å². The average Bonchev–Trinajstić information content (AvgIpc) is 3.26. The van der Waals surface area contributed by atoms with Crippen LogP contribution in [0.25, 0.3) is 0 Å². The van der Waals surface area contributed by atoms with Gasteiger partial charge in [-0.05, 0) is 56.9 Å². The van der Waals surface area contributed by atoms with Gasteiger partial charge in [-0.15, -0.1) is 0 Å². The Morgan fingerprint density at radius 2 is 1.97 bits per heavy atom. The molecular weight excluding hydrogens is 392 g/mol. The molecule has 1 aromatic carbocycles. The topological polar surface area (TPSA) is 90.5 Å². The largest absolute Gasteiger partial charge is 0.347 e. The van der Waals surface area contributed by atoms with E-state index in [-0.39, 0.29) is 23.8 Å². The SMILES string of the molecule is C=C(C)C(NC(=O)[C@H](C)NC)C(=O)N1CC=C[C@H]1C(=O)N[C@@H]1CCCc2ccccc21. The van der Waals surface area contributed by atoms with E-state index in [1.165, 1.54) is 10.5 Å². The lowest BCUT2D eigenvalue weighted by Crippen LogP contribution is -2.56. The van der Waals surface area contributed by atoms with Crippen molar-refractivity contribution in [1.29, 1.82) is 0 Å². The minimum Gasteiger partial charge on any atom is -0.347 e. The highest BCUT2D eigenvalue weighted by atomic mass is 16.2. The summed E-state index contributed by atoms with van der Waals surface area (Å²) in [6.07, 6.45) is 6.46. The van der Waals surface area contributed by atoms with E-state index in [2.05, 4.69) is 34.7 Å². The van der Waals surface area contributed by atoms with E-state index in [1.807, 2.05) is 18.2 Å². The van der Waals surface area contributed by atoms with Crippen LogP contribution in [0.3, 0.4) is 0 Å². The van der Waals surface area contributed by atoms with Crippen molar-refractivity contribution < 1.29 is 14.4 Å². The van der Waals surface area contributed by atoms with Crippen molar-refractivity contribution in [3.8, 4) is 0 Å². The third-order valence-electron chi connectivity index (χ3n) is 6.05. The van der Waals surface area contributed by atoms with Gasteiger partial charge in [0.05, 0.1) is 12.1 Å². The molecule has 3 N–H and O–H groups in total. The summed E-state index contributed by atoms with van der Waals surface area (Å²) in [5, 5.41) is 8.74. The van der Waals surface area contributed by atoms with Crippen molar-refractivity contribution >= 4 is 17.7 Å². The first kappa shape index (κ1) is 22.7. The summed E-state index contributed by atoms with van der Waals surface area (Å²) in [4.78, 5) is 40.2. The highest BCUT2D eigenvalue weighted by Crippen LogP contribution is 2.30. The van der Waals surface area contributed by atoms with Gasteiger partial charge in [0.25, 0.3) is 5.91 Å². The summed E-state index contributed by atoms with van der Waals surface area (Å²) in [6.45, 7) is 7.60. The van der Waals surface area contributed by atoms with E-state index < -0.39 is 18.1 Å². The molecule has 3 amide bonds. The molecule has 1 aliphatic heterocycles. The zero-order valence-electron chi connectivity index (χ0n) is 18.5. The lowest BCUT2D eigenvalue weighted by atomic mass is 9.87. The van der Waals surface area contributed by atoms with Gasteiger partial charge in [0.15, 0.2) is 0 Å². The van der Waals surface area contributed by atoms with Crippen molar-refractivity contribution in [3.63, 3.8) is 0 Å². The maximum atomic E-state index is 13.2. The first-order valence-corrected chi connectivity index (χ1v) is 10.8. The predicted octanol–water partition coefficient (Wildman–Crippen LogP) is 1.62. The molecule has 0 bridgehead atoms. The number of carbonyl (C=O) groups is 3. The molecule has 1 heterocycles. The quantitative estimate of drug-likeness (QED) is 0.580. The number of hydrogen-bond acceptors (Lipinski definition) is 4. The third-order valence-corrected chi connectivity index (χ3v) is 6.05. The minimum atomic E-state index is -0.881. The molecule has 4 atom stereocenters. The van der Waals surface area contributed by atoms with Crippen LogP contribution >= 0.6 is 0 Å². The molecule has 0 saturated carbocycles. The van der Waals surface area contributed by atoms with Crippen molar-refractivity contribution in [2.75, 3.05) is 13.6 Å². The van der Waals surface area contributed by atoms with Gasteiger partial charge in [0, 0.05) is 6.54 Å². The molecule has 1 aromatic rings. The van der Waals surface area contributed by atoms with Gasteiger partial charge in [0.1, 0.15) is 12.1 Å². The summed E-state index contributed by atoms with van der Waals surface area (Å²) in [5.41, 5.74) is 2.93. The highest BCUT2D eigenvalue weighted by Gasteiger charge is 2.36. The third kappa shape index (κ3) is 5.05. The van der Waals surface area contributed by atoms with Crippen LogP contribution in [0.4, 0.5) is 0 Å². The van der Waals surface area contributed by atoms with Crippen LogP contribution in [0.1, 0.15) is 43.9 Å². The van der Waals surface area contributed by atoms with Crippen LogP contribution in [-0.4, -0.2) is 54.3 Å². The number of amides is 3. The number of aryl methyl sites for hydroxylation is 1. The Labute approximate surface area is 184 Å². The monoisotopic (exact) mass is 424 g/mol. The summed E-state index contributed by atoms with van der Waals surface area (Å²) >= 11 is 0. The van der Waals surface area contributed by atoms with Crippen LogP contribution in [0.15, 0.2) is 48.6 Å². The van der Waals surface area contributed by atoms with E-state index in [9.17, 15) is 14.4 Å². The first-order chi connectivity index (χ1) is 14.8. The fourth-order valence-corrected chi connectivity index (χ4v) is 4.10. The Kier molecular flexibility index (Phi) is 7.28. The second kappa shape index (κ2) is 9.92. The van der Waals surface area contributed by atoms with E-state index in [0.29, 0.717) is 12.1 Å². The molecule has 7 nitrogen and oxygen atoms in total. The summed E-state index contributed by atoms with van der Waals surface area (Å²) in [6, 6.07) is 6.07. The Morgan fingerprint density at radius 3 is 2.68 bits per heavy atom. The normalized spacial score (nSPS) is 21.7. The average molecular weight is 425 g/mol. The number of fused-ring (bicyclic) bond motifs is 1. The first-order valence-electron chi connectivity index (χ1n) is 10.8. The van der Waals surface area contributed by atoms with Crippen molar-refractivity contribution in [2.45, 2.75) is 57.3 Å². The number of nitrogens with one attached hydrogen (secondary N) is 3. The zero-order chi connectivity index (χ0) is 22.5. The van der Waals surface area contributed by atoms with Crippen molar-refractivity contribution in [2.24, 2.45) is 0 Å². The maximum absolute atomic E-state index is 13.2. The summed E-state index contributed by atoms with van der Waals surface area (Å²) < 4.78 is 0. The van der Waals surface area contributed by atoms with E-state index >= 15 is 0 Å². The van der Waals surface area contributed by atoms with Gasteiger partial charge in [-0.25, -0.2) is 0 Å². The van der Waals surface area contributed by atoms with Gasteiger partial charge in [-0.3, -0.25) is 14.4 Å². The van der Waals surface area contributed by atoms with Crippen LogP contribution in [-0.2, 0) is 20.8 Å². The molecule has 0 spiro atoms. The Morgan fingerprint density at radius 1 is 1.23 bits per heavy atom. The second-order valence-electron chi connectivity index (χ2n) is 8.31. The molecule has 31 heavy (non-hydrogen) atoms. The van der Waals surface area contributed by atoms with E-state index in [1.54, 1.807) is 27.0 Å². The highest BCUT2D eigenvalue weighted by molar-refractivity contribution is 5.96. The fourth-order valence-electron chi connectivity index (χ4n) is 4.10. The number of rotatable bonds is 7. The van der Waals surface area contributed by atoms with Gasteiger partial charge < -0.3 is 20.9 Å². The van der Waals surface area contributed by atoms with E-state index in [0.717, 1.165) is 24.8 Å². The molecule has 0 fully saturated rings. The fraction of sp³-hybridized carbons (Fsp3) is 0.458. The van der Waals surface area contributed by atoms with Gasteiger partial charge in [0.2, 0.25) is 11.8 Å². The molecule has 2 aliphatic rings. The molecule has 166 valence electrons. The van der Waals surface area contributed by atoms with Crippen molar-refractivity contribution in [3.05, 3.63) is 59.7 Å². The lowest BCUT2D eigenvalue weighted by Gasteiger charge is -2.32. The molecule has 1 unspecified atom stereocenters. The summed E-state index contributed by atoms with van der Waals surface area (Å²) in [7, 11) is 1.68.